The van der Waals surface area contributed by atoms with Gasteiger partial charge in [-0.3, -0.25) is 14.5 Å². The molecule has 91 heavy (non-hydrogen) atoms. The maximum atomic E-state index is 17.5. The number of nitrogens with zero attached hydrogens (tertiary/aromatic N) is 1. The number of hydrogen-bond acceptors (Lipinski definition) is 11. The van der Waals surface area contributed by atoms with E-state index in [4.69, 9.17) is 18.9 Å². The van der Waals surface area contributed by atoms with Crippen LogP contribution in [0.15, 0.2) is 0 Å². The molecule has 28 aromatic rings. The fraction of sp³-hybridized carbons (Fsp3) is 0.250. The first-order valence-corrected chi connectivity index (χ1v) is 33.0. The zero-order valence-corrected chi connectivity index (χ0v) is 48.8. The second-order valence-electron chi connectivity index (χ2n) is 33.0. The Hall–Kier alpha value is -8.88. The minimum absolute atomic E-state index is 0.0190. The predicted molar refractivity (Wildman–Crippen MR) is 360 cm³/mol. The SMILES string of the molecule is CC(C)(C)OC(=O)C1N(CCO[C@@H]2O[C@H](CO)[C@@H](O)[C@H](O)[C@H]2O)C(C(=O)OC(C)(C)C)C23c4c5c6c7c8c9c(c%10c%11c2c2c4c4c%12c5c5c6c6c8c8c%13c9c9c%10c%10c%11c%11c2c2c4c4c%12c%12c5c5c6c8c6c8c%13c9c9c%10c%10c%11c2c2c4c4c%12c5c6c5c8c9c%10c2c45)C713. The highest BCUT2D eigenvalue weighted by molar-refractivity contribution is 6.82. The molecule has 2 fully saturated rings. The third-order valence-electron chi connectivity index (χ3n) is 28.7. The lowest BCUT2D eigenvalue weighted by Gasteiger charge is -2.52. The molecule has 4 aliphatic carbocycles. The normalized spacial score (nSPS) is 27.4. The lowest BCUT2D eigenvalue weighted by Crippen LogP contribution is -2.59. The Morgan fingerprint density at radius 1 is 0.352 bits per heavy atom. The molecule has 2 saturated heterocycles. The van der Waals surface area contributed by atoms with Gasteiger partial charge in [0.25, 0.3) is 0 Å². The lowest BCUT2D eigenvalue weighted by atomic mass is 9.46. The summed E-state index contributed by atoms with van der Waals surface area (Å²) >= 11 is 0. The summed E-state index contributed by atoms with van der Waals surface area (Å²) in [4.78, 5) is 37.2. The van der Waals surface area contributed by atoms with Gasteiger partial charge in [-0.1, -0.05) is 0 Å². The zero-order chi connectivity index (χ0) is 58.2. The Morgan fingerprint density at radius 3 is 0.758 bits per heavy atom. The number of hydrogen-bond donors (Lipinski definition) is 4. The number of carbonyl (C=O) groups is 2. The molecule has 2 heterocycles. The van der Waals surface area contributed by atoms with Crippen LogP contribution in [0.4, 0.5) is 0 Å². The van der Waals surface area contributed by atoms with Crippen LogP contribution in [0.5, 0.6) is 0 Å². The van der Waals surface area contributed by atoms with Crippen LogP contribution in [0.1, 0.15) is 63.8 Å². The maximum Gasteiger partial charge on any atom is 0.325 e. The van der Waals surface area contributed by atoms with Gasteiger partial charge >= 0.3 is 11.9 Å². The molecule has 0 amide bonds. The van der Waals surface area contributed by atoms with Gasteiger partial charge in [0.1, 0.15) is 47.7 Å². The molecular formula is C80H35NO10. The van der Waals surface area contributed by atoms with Crippen molar-refractivity contribution < 1.29 is 49.0 Å². The van der Waals surface area contributed by atoms with Gasteiger partial charge in [0, 0.05) is 6.54 Å². The maximum absolute atomic E-state index is 17.5. The summed E-state index contributed by atoms with van der Waals surface area (Å²) in [5, 5.41) is 120. The van der Waals surface area contributed by atoms with Crippen molar-refractivity contribution in [3.8, 4) is 0 Å². The van der Waals surface area contributed by atoms with Gasteiger partial charge in [0.2, 0.25) is 0 Å². The average Bonchev–Trinajstić information content (AvgIpc) is 1.38. The van der Waals surface area contributed by atoms with Gasteiger partial charge in [0.05, 0.1) is 24.0 Å². The van der Waals surface area contributed by atoms with Crippen LogP contribution in [0.3, 0.4) is 0 Å². The van der Waals surface area contributed by atoms with Crippen LogP contribution in [-0.2, 0) is 39.4 Å². The molecule has 420 valence electrons. The molecule has 0 aromatic heterocycles. The number of benzene rings is 18. The lowest BCUT2D eigenvalue weighted by molar-refractivity contribution is -0.301. The molecule has 0 bridgehead atoms. The van der Waals surface area contributed by atoms with E-state index in [-0.39, 0.29) is 13.2 Å². The summed E-state index contributed by atoms with van der Waals surface area (Å²) in [6.45, 7) is 10.9. The van der Waals surface area contributed by atoms with Gasteiger partial charge in [-0.25, -0.2) is 0 Å². The van der Waals surface area contributed by atoms with Crippen molar-refractivity contribution in [3.05, 3.63) is 22.3 Å². The minimum Gasteiger partial charge on any atom is -0.459 e. The van der Waals surface area contributed by atoms with E-state index in [0.29, 0.717) is 0 Å². The van der Waals surface area contributed by atoms with Crippen LogP contribution in [0.25, 0.3) is 291 Å². The smallest absolute Gasteiger partial charge is 0.325 e. The van der Waals surface area contributed by atoms with Crippen molar-refractivity contribution in [2.24, 2.45) is 0 Å². The highest BCUT2D eigenvalue weighted by Gasteiger charge is 2.82. The second-order valence-corrected chi connectivity index (χ2v) is 33.0. The molecule has 2 aliphatic heterocycles. The predicted octanol–water partition coefficient (Wildman–Crippen LogP) is 14.8. The van der Waals surface area contributed by atoms with Gasteiger partial charge in [-0.2, -0.15) is 0 Å². The molecule has 4 N–H and O–H groups in total. The fourth-order valence-corrected chi connectivity index (χ4v) is 28.1. The second kappa shape index (κ2) is 10.2. The fourth-order valence-electron chi connectivity index (χ4n) is 28.1. The summed E-state index contributed by atoms with van der Waals surface area (Å²) in [5.41, 5.74) is 0.181. The van der Waals surface area contributed by atoms with E-state index >= 15 is 9.59 Å². The van der Waals surface area contributed by atoms with Gasteiger partial charge in [-0.15, -0.1) is 0 Å². The van der Waals surface area contributed by atoms with Crippen molar-refractivity contribution in [3.63, 3.8) is 0 Å². The van der Waals surface area contributed by atoms with E-state index in [9.17, 15) is 20.4 Å². The van der Waals surface area contributed by atoms with Crippen molar-refractivity contribution in [2.45, 2.75) is 106 Å². The molecule has 2 spiro atoms. The number of rotatable bonds is 7. The third-order valence-corrected chi connectivity index (χ3v) is 28.7. The van der Waals surface area contributed by atoms with Gasteiger partial charge in [0.15, 0.2) is 6.29 Å². The molecule has 11 nitrogen and oxygen atoms in total. The molecule has 7 atom stereocenters. The van der Waals surface area contributed by atoms with Crippen molar-refractivity contribution in [1.82, 2.24) is 4.90 Å². The minimum atomic E-state index is -1.67. The number of aliphatic hydroxyl groups excluding tert-OH is 4. The highest BCUT2D eigenvalue weighted by atomic mass is 16.7. The molecular weight excluding hydrogens is 1130 g/mol. The molecule has 2 unspecified atom stereocenters. The Kier molecular flexibility index (Phi) is 4.64. The Morgan fingerprint density at radius 2 is 0.560 bits per heavy atom. The Labute approximate surface area is 502 Å². The first kappa shape index (κ1) is 41.5. The topological polar surface area (TPSA) is 155 Å². The monoisotopic (exact) mass is 1170 g/mol. The van der Waals surface area contributed by atoms with E-state index < -0.39 is 83.4 Å². The molecule has 34 rings (SSSR count). The number of likely N-dealkylation sites (tertiary alicyclic amines) is 1. The molecule has 11 heteroatoms. The van der Waals surface area contributed by atoms with Crippen LogP contribution in [0.2, 0.25) is 0 Å². The van der Waals surface area contributed by atoms with Gasteiger partial charge < -0.3 is 39.4 Å². The van der Waals surface area contributed by atoms with Crippen LogP contribution in [-0.4, -0.2) is 111 Å². The van der Waals surface area contributed by atoms with Gasteiger partial charge in [-0.05, 0) is 355 Å². The molecule has 28 aromatic carbocycles. The molecule has 6 aliphatic rings. The first-order chi connectivity index (χ1) is 44.1. The number of esters is 2. The van der Waals surface area contributed by atoms with E-state index in [2.05, 4.69) is 4.90 Å². The average molecular weight is 1170 g/mol. The van der Waals surface area contributed by atoms with E-state index in [1.54, 1.807) is 0 Å². The summed E-state index contributed by atoms with van der Waals surface area (Å²) in [5.74, 6) is -0.827. The van der Waals surface area contributed by atoms with Crippen LogP contribution >= 0.6 is 0 Å². The largest absolute Gasteiger partial charge is 0.459 e. The number of aliphatic hydroxyl groups is 4. The molecule has 0 radical (unpaired) electrons. The summed E-state index contributed by atoms with van der Waals surface area (Å²) in [6.07, 6.45) is -7.57. The van der Waals surface area contributed by atoms with Crippen LogP contribution < -0.4 is 0 Å². The van der Waals surface area contributed by atoms with Crippen molar-refractivity contribution in [1.29, 1.82) is 0 Å². The summed E-state index contributed by atoms with van der Waals surface area (Å²) < 4.78 is 27.1. The third kappa shape index (κ3) is 2.74. The molecule has 0 saturated carbocycles. The van der Waals surface area contributed by atoms with E-state index in [1.807, 2.05) is 41.5 Å². The Balaban J connectivity index is 0.920. The summed E-state index contributed by atoms with van der Waals surface area (Å²) in [6, 6.07) is -2.31. The van der Waals surface area contributed by atoms with E-state index in [1.165, 1.54) is 313 Å². The zero-order valence-electron chi connectivity index (χ0n) is 48.8. The highest BCUT2D eigenvalue weighted by Crippen LogP contribution is 2.87. The first-order valence-electron chi connectivity index (χ1n) is 33.0. The summed E-state index contributed by atoms with van der Waals surface area (Å²) in [7, 11) is 0. The Bertz CT molecular complexity index is 7400. The van der Waals surface area contributed by atoms with Crippen molar-refractivity contribution >= 4 is 303 Å². The van der Waals surface area contributed by atoms with E-state index in [0.717, 1.165) is 0 Å². The number of ether oxygens (including phenoxy) is 4. The quantitative estimate of drug-likeness (QED) is 0.0890. The van der Waals surface area contributed by atoms with Crippen LogP contribution in [0, 0.1) is 0 Å². The number of carbonyl (C=O) groups excluding carboxylic acids is 2. The standard InChI is InChI=1S/C80H35NO10/c1-77(2,3)90-74(86)72-79-65-57-49-39-29-21-13-11-12-15-19-17(13)25-33-27(19)37-31-23(15)24-16(12)20-18-14(11)22(21)30-36-26(18)34-28(20)38-32(24)42-41(31)51-45(37)55-47(33)53(43(49)35(25)29)61(65)63(55)67-59(51)60-52(42)46(38)56-48(34)54-44(36)50(40(30)39)58(57)66(79)62(54)64(56)68(60)80(67,79)73(75(87)91-78(4,5)6)81(72)7-8-88-76-71(85)70(84)69(83)10(9-82)89-76/h10,69-73,76,82-85H,7-9H2,1-6H3/t10-,69-,70+,71-,72?,73?,76-,79?,80?/m1/s1. The van der Waals surface area contributed by atoms with Crippen molar-refractivity contribution in [2.75, 3.05) is 19.8 Å².